The average molecular weight is 383 g/mol. The molecule has 17 heavy (non-hydrogen) atoms. The zero-order valence-electron chi connectivity index (χ0n) is 9.04. The SMILES string of the molecule is COc1cc(Br)c(Cl)cc1N1CC(Br)CC1=O. The molecule has 1 aliphatic rings. The normalized spacial score (nSPS) is 19.9. The molecular weight excluding hydrogens is 373 g/mol. The number of hydrogen-bond donors (Lipinski definition) is 0. The van der Waals surface area contributed by atoms with Gasteiger partial charge in [0.1, 0.15) is 5.75 Å². The number of ether oxygens (including phenoxy) is 1. The Labute approximate surface area is 121 Å². The van der Waals surface area contributed by atoms with E-state index in [4.69, 9.17) is 16.3 Å². The summed E-state index contributed by atoms with van der Waals surface area (Å²) in [7, 11) is 1.57. The summed E-state index contributed by atoms with van der Waals surface area (Å²) in [6.45, 7) is 0.632. The maximum absolute atomic E-state index is 11.8. The number of anilines is 1. The van der Waals surface area contributed by atoms with Crippen LogP contribution in [0.25, 0.3) is 0 Å². The van der Waals surface area contributed by atoms with Crippen molar-refractivity contribution in [1.82, 2.24) is 0 Å². The van der Waals surface area contributed by atoms with E-state index in [1.54, 1.807) is 24.1 Å². The molecule has 6 heteroatoms. The van der Waals surface area contributed by atoms with E-state index < -0.39 is 0 Å². The number of carbonyl (C=O) groups is 1. The second-order valence-electron chi connectivity index (χ2n) is 3.74. The van der Waals surface area contributed by atoms with Crippen molar-refractivity contribution >= 4 is 55.1 Å². The zero-order valence-corrected chi connectivity index (χ0v) is 13.0. The Morgan fingerprint density at radius 3 is 2.76 bits per heavy atom. The summed E-state index contributed by atoms with van der Waals surface area (Å²) < 4.78 is 6.03. The van der Waals surface area contributed by atoms with Crippen LogP contribution in [0.5, 0.6) is 5.75 Å². The van der Waals surface area contributed by atoms with Gasteiger partial charge in [-0.25, -0.2) is 0 Å². The maximum Gasteiger partial charge on any atom is 0.228 e. The second kappa shape index (κ2) is 5.16. The predicted octanol–water partition coefficient (Wildman–Crippen LogP) is 3.61. The monoisotopic (exact) mass is 381 g/mol. The highest BCUT2D eigenvalue weighted by molar-refractivity contribution is 9.10. The lowest BCUT2D eigenvalue weighted by Gasteiger charge is -2.19. The molecule has 1 unspecified atom stereocenters. The van der Waals surface area contributed by atoms with Crippen molar-refractivity contribution in [3.63, 3.8) is 0 Å². The standard InChI is InChI=1S/C11H10Br2ClNO2/c1-17-10-3-7(13)8(14)4-9(10)15-5-6(12)2-11(15)16/h3-4,6H,2,5H2,1H3. The number of rotatable bonds is 2. The van der Waals surface area contributed by atoms with Crippen LogP contribution < -0.4 is 9.64 Å². The lowest BCUT2D eigenvalue weighted by Crippen LogP contribution is -2.25. The predicted molar refractivity (Wildman–Crippen MR) is 75.4 cm³/mol. The summed E-state index contributed by atoms with van der Waals surface area (Å²) in [6.07, 6.45) is 0.497. The van der Waals surface area contributed by atoms with Crippen molar-refractivity contribution in [2.24, 2.45) is 0 Å². The van der Waals surface area contributed by atoms with Crippen LogP contribution in [0.1, 0.15) is 6.42 Å². The van der Waals surface area contributed by atoms with Gasteiger partial charge in [-0.15, -0.1) is 0 Å². The molecule has 0 radical (unpaired) electrons. The van der Waals surface area contributed by atoms with E-state index in [-0.39, 0.29) is 10.7 Å². The molecule has 1 amide bonds. The molecule has 0 aliphatic carbocycles. The van der Waals surface area contributed by atoms with E-state index in [1.165, 1.54) is 0 Å². The van der Waals surface area contributed by atoms with Crippen molar-refractivity contribution in [3.8, 4) is 5.75 Å². The third-order valence-corrected chi connectivity index (χ3v) is 4.40. The fourth-order valence-corrected chi connectivity index (χ4v) is 2.84. The van der Waals surface area contributed by atoms with Gasteiger partial charge in [0.25, 0.3) is 0 Å². The molecule has 1 fully saturated rings. The van der Waals surface area contributed by atoms with Gasteiger partial charge in [-0.1, -0.05) is 27.5 Å². The van der Waals surface area contributed by atoms with Gasteiger partial charge in [0.05, 0.1) is 17.8 Å². The molecule has 92 valence electrons. The van der Waals surface area contributed by atoms with Gasteiger partial charge in [0, 0.05) is 22.3 Å². The number of carbonyl (C=O) groups excluding carboxylic acids is 1. The van der Waals surface area contributed by atoms with Crippen LogP contribution in [0, 0.1) is 0 Å². The summed E-state index contributed by atoms with van der Waals surface area (Å²) >= 11 is 12.8. The summed E-state index contributed by atoms with van der Waals surface area (Å²) in [4.78, 5) is 13.7. The number of amides is 1. The van der Waals surface area contributed by atoms with Crippen molar-refractivity contribution < 1.29 is 9.53 Å². The Balaban J connectivity index is 2.44. The lowest BCUT2D eigenvalue weighted by atomic mass is 10.2. The van der Waals surface area contributed by atoms with Crippen LogP contribution in [0.4, 0.5) is 5.69 Å². The largest absolute Gasteiger partial charge is 0.495 e. The molecule has 0 spiro atoms. The fraction of sp³-hybridized carbons (Fsp3) is 0.364. The Kier molecular flexibility index (Phi) is 4.00. The van der Waals surface area contributed by atoms with E-state index in [2.05, 4.69) is 31.9 Å². The molecule has 1 aliphatic heterocycles. The van der Waals surface area contributed by atoms with Gasteiger partial charge >= 0.3 is 0 Å². The van der Waals surface area contributed by atoms with Gasteiger partial charge in [0.2, 0.25) is 5.91 Å². The number of benzene rings is 1. The number of alkyl halides is 1. The van der Waals surface area contributed by atoms with Crippen molar-refractivity contribution in [1.29, 1.82) is 0 Å². The molecular formula is C11H10Br2ClNO2. The van der Waals surface area contributed by atoms with Gasteiger partial charge < -0.3 is 9.64 Å². The minimum Gasteiger partial charge on any atom is -0.495 e. The molecule has 0 bridgehead atoms. The molecule has 1 aromatic carbocycles. The Hall–Kier alpha value is -0.260. The maximum atomic E-state index is 11.8. The third-order valence-electron chi connectivity index (χ3n) is 2.59. The van der Waals surface area contributed by atoms with Crippen molar-refractivity contribution in [2.75, 3.05) is 18.6 Å². The molecule has 1 saturated heterocycles. The topological polar surface area (TPSA) is 29.5 Å². The summed E-state index contributed by atoms with van der Waals surface area (Å²) in [5, 5.41) is 0.562. The van der Waals surface area contributed by atoms with Crippen LogP contribution in [-0.4, -0.2) is 24.4 Å². The molecule has 1 atom stereocenters. The summed E-state index contributed by atoms with van der Waals surface area (Å²) in [5.41, 5.74) is 0.715. The van der Waals surface area contributed by atoms with Crippen LogP contribution in [0.15, 0.2) is 16.6 Å². The lowest BCUT2D eigenvalue weighted by molar-refractivity contribution is -0.117. The Morgan fingerprint density at radius 1 is 1.53 bits per heavy atom. The summed E-state index contributed by atoms with van der Waals surface area (Å²) in [6, 6.07) is 3.51. The first kappa shape index (κ1) is 13.2. The van der Waals surface area contributed by atoms with Crippen LogP contribution in [0.2, 0.25) is 5.02 Å². The number of hydrogen-bond acceptors (Lipinski definition) is 2. The molecule has 0 aromatic heterocycles. The molecule has 0 saturated carbocycles. The van der Waals surface area contributed by atoms with Crippen LogP contribution >= 0.6 is 43.5 Å². The van der Waals surface area contributed by atoms with Gasteiger partial charge in [0.15, 0.2) is 0 Å². The van der Waals surface area contributed by atoms with Crippen molar-refractivity contribution in [2.45, 2.75) is 11.2 Å². The molecule has 2 rings (SSSR count). The quantitative estimate of drug-likeness (QED) is 0.730. The smallest absolute Gasteiger partial charge is 0.228 e. The number of nitrogens with zero attached hydrogens (tertiary/aromatic N) is 1. The molecule has 0 N–H and O–H groups in total. The highest BCUT2D eigenvalue weighted by Gasteiger charge is 2.31. The van der Waals surface area contributed by atoms with Crippen molar-refractivity contribution in [3.05, 3.63) is 21.6 Å². The molecule has 1 aromatic rings. The zero-order chi connectivity index (χ0) is 12.6. The first-order valence-electron chi connectivity index (χ1n) is 5.00. The van der Waals surface area contributed by atoms with Crippen LogP contribution in [-0.2, 0) is 4.79 Å². The first-order valence-corrected chi connectivity index (χ1v) is 7.09. The average Bonchev–Trinajstić information content (AvgIpc) is 2.61. The molecule has 1 heterocycles. The Bertz CT molecular complexity index is 467. The minimum absolute atomic E-state index is 0.0727. The van der Waals surface area contributed by atoms with Gasteiger partial charge in [-0.3, -0.25) is 4.79 Å². The van der Waals surface area contributed by atoms with E-state index in [0.717, 1.165) is 4.47 Å². The Morgan fingerprint density at radius 2 is 2.24 bits per heavy atom. The van der Waals surface area contributed by atoms with E-state index in [9.17, 15) is 4.79 Å². The summed E-state index contributed by atoms with van der Waals surface area (Å²) in [5.74, 6) is 0.708. The van der Waals surface area contributed by atoms with E-state index in [0.29, 0.717) is 29.4 Å². The third kappa shape index (κ3) is 2.61. The highest BCUT2D eigenvalue weighted by atomic mass is 79.9. The number of methoxy groups -OCH3 is 1. The second-order valence-corrected chi connectivity index (χ2v) is 6.30. The first-order chi connectivity index (χ1) is 8.02. The van der Waals surface area contributed by atoms with E-state index >= 15 is 0 Å². The van der Waals surface area contributed by atoms with E-state index in [1.807, 2.05) is 0 Å². The van der Waals surface area contributed by atoms with Gasteiger partial charge in [-0.2, -0.15) is 0 Å². The van der Waals surface area contributed by atoms with Crippen LogP contribution in [0.3, 0.4) is 0 Å². The minimum atomic E-state index is 0.0727. The van der Waals surface area contributed by atoms with Gasteiger partial charge in [-0.05, 0) is 28.1 Å². The fourth-order valence-electron chi connectivity index (χ4n) is 1.79. The number of halogens is 3. The molecule has 3 nitrogen and oxygen atoms in total. The highest BCUT2D eigenvalue weighted by Crippen LogP contribution is 2.38.